The van der Waals surface area contributed by atoms with E-state index >= 15 is 0 Å². The van der Waals surface area contributed by atoms with E-state index in [0.717, 1.165) is 5.56 Å². The number of amides is 3. The van der Waals surface area contributed by atoms with E-state index in [1.54, 1.807) is 44.7 Å². The number of ether oxygens (including phenoxy) is 3. The van der Waals surface area contributed by atoms with Crippen LogP contribution < -0.4 is 5.43 Å². The first-order valence-corrected chi connectivity index (χ1v) is 12.0. The number of hydrogen-bond donors (Lipinski definition) is 1. The molecule has 196 valence electrons. The summed E-state index contributed by atoms with van der Waals surface area (Å²) in [7, 11) is 0. The number of piperidine rings is 1. The van der Waals surface area contributed by atoms with Gasteiger partial charge in [0.25, 0.3) is 5.91 Å². The number of likely N-dealkylation sites (tertiary alicyclic amines) is 1. The lowest BCUT2D eigenvalue weighted by Gasteiger charge is -2.32. The van der Waals surface area contributed by atoms with Crippen LogP contribution in [0.4, 0.5) is 4.79 Å². The summed E-state index contributed by atoms with van der Waals surface area (Å²) < 4.78 is 15.6. The number of rotatable bonds is 8. The van der Waals surface area contributed by atoms with Gasteiger partial charge in [-0.25, -0.2) is 15.0 Å². The van der Waals surface area contributed by atoms with Gasteiger partial charge < -0.3 is 24.0 Å². The van der Waals surface area contributed by atoms with Gasteiger partial charge in [0.1, 0.15) is 18.8 Å². The molecule has 1 aromatic carbocycles. The third kappa shape index (κ3) is 7.77. The molecule has 0 aliphatic carbocycles. The summed E-state index contributed by atoms with van der Waals surface area (Å²) in [5.74, 6) is -0.707. The molecule has 3 rings (SSSR count). The van der Waals surface area contributed by atoms with Crippen LogP contribution in [0.5, 0.6) is 0 Å². The molecule has 3 amide bonds. The predicted octanol–water partition coefficient (Wildman–Crippen LogP) is 2.07. The van der Waals surface area contributed by atoms with E-state index in [4.69, 9.17) is 14.2 Å². The topological polar surface area (TPSA) is 127 Å². The van der Waals surface area contributed by atoms with Crippen LogP contribution in [0.3, 0.4) is 0 Å². The van der Waals surface area contributed by atoms with Gasteiger partial charge in [0.2, 0.25) is 5.91 Å². The average Bonchev–Trinajstić information content (AvgIpc) is 3.11. The molecule has 2 heterocycles. The summed E-state index contributed by atoms with van der Waals surface area (Å²) in [4.78, 5) is 52.0. The Kier molecular flexibility index (Phi) is 9.03. The summed E-state index contributed by atoms with van der Waals surface area (Å²) in [5, 5.41) is 3.89. The fourth-order valence-corrected chi connectivity index (χ4v) is 3.99. The summed E-state index contributed by atoms with van der Waals surface area (Å²) >= 11 is 0. The SMILES string of the molecule is CCOC(=O)COC1CCN(C(=O)CN2Cc3cc(C=NNC(=O)OC(C)(C)C)ccc3C2=O)CC1. The highest BCUT2D eigenvalue weighted by Gasteiger charge is 2.31. The maximum atomic E-state index is 12.8. The molecule has 1 aromatic rings. The molecule has 0 radical (unpaired) electrons. The van der Waals surface area contributed by atoms with Crippen molar-refractivity contribution in [3.05, 3.63) is 34.9 Å². The second-order valence-corrected chi connectivity index (χ2v) is 9.65. The van der Waals surface area contributed by atoms with Crippen LogP contribution >= 0.6 is 0 Å². The van der Waals surface area contributed by atoms with Gasteiger partial charge in [-0.1, -0.05) is 6.07 Å². The number of carbonyl (C=O) groups is 4. The van der Waals surface area contributed by atoms with E-state index in [2.05, 4.69) is 10.5 Å². The zero-order valence-corrected chi connectivity index (χ0v) is 21.2. The standard InChI is InChI=1S/C25H34N4O7/c1-5-34-22(31)16-35-19-8-10-28(11-9-19)21(30)15-29-14-18-12-17(6-7-20(18)23(29)32)13-26-27-24(33)36-25(2,3)4/h6-7,12-13,19H,5,8-11,14-16H2,1-4H3,(H,27,33). The average molecular weight is 503 g/mol. The lowest BCUT2D eigenvalue weighted by Crippen LogP contribution is -2.45. The highest BCUT2D eigenvalue weighted by Crippen LogP contribution is 2.24. The lowest BCUT2D eigenvalue weighted by atomic mass is 10.1. The van der Waals surface area contributed by atoms with E-state index in [1.165, 1.54) is 11.1 Å². The molecule has 0 aromatic heterocycles. The molecule has 0 saturated carbocycles. The lowest BCUT2D eigenvalue weighted by molar-refractivity contribution is -0.152. The van der Waals surface area contributed by atoms with Gasteiger partial charge in [-0.2, -0.15) is 5.10 Å². The quantitative estimate of drug-likeness (QED) is 0.328. The van der Waals surface area contributed by atoms with Crippen molar-refractivity contribution in [2.45, 2.75) is 58.8 Å². The molecule has 0 atom stereocenters. The van der Waals surface area contributed by atoms with E-state index in [1.807, 2.05) is 6.07 Å². The van der Waals surface area contributed by atoms with Crippen molar-refractivity contribution in [1.82, 2.24) is 15.2 Å². The summed E-state index contributed by atoms with van der Waals surface area (Å²) in [5.41, 5.74) is 3.73. The number of nitrogens with zero attached hydrogens (tertiary/aromatic N) is 3. The van der Waals surface area contributed by atoms with Crippen molar-refractivity contribution in [2.24, 2.45) is 5.10 Å². The number of benzene rings is 1. The largest absolute Gasteiger partial charge is 0.464 e. The molecular weight excluding hydrogens is 468 g/mol. The summed E-state index contributed by atoms with van der Waals surface area (Å²) in [6, 6.07) is 5.23. The van der Waals surface area contributed by atoms with Crippen LogP contribution in [0.2, 0.25) is 0 Å². The molecule has 0 unspecified atom stereocenters. The first-order valence-electron chi connectivity index (χ1n) is 12.0. The zero-order chi connectivity index (χ0) is 26.3. The van der Waals surface area contributed by atoms with Gasteiger partial charge in [-0.3, -0.25) is 9.59 Å². The first kappa shape index (κ1) is 27.1. The third-order valence-electron chi connectivity index (χ3n) is 5.64. The minimum Gasteiger partial charge on any atom is -0.464 e. The molecule has 0 spiro atoms. The van der Waals surface area contributed by atoms with Crippen LogP contribution in [-0.4, -0.2) is 84.4 Å². The predicted molar refractivity (Wildman–Crippen MR) is 130 cm³/mol. The Labute approximate surface area is 210 Å². The molecule has 11 heteroatoms. The van der Waals surface area contributed by atoms with Gasteiger partial charge >= 0.3 is 12.1 Å². The highest BCUT2D eigenvalue weighted by molar-refractivity contribution is 6.01. The Morgan fingerprint density at radius 2 is 1.92 bits per heavy atom. The van der Waals surface area contributed by atoms with Gasteiger partial charge in [-0.15, -0.1) is 0 Å². The molecule has 2 aliphatic rings. The van der Waals surface area contributed by atoms with Crippen LogP contribution in [-0.2, 0) is 30.3 Å². The maximum absolute atomic E-state index is 12.8. The fourth-order valence-electron chi connectivity index (χ4n) is 3.99. The number of nitrogens with one attached hydrogen (secondary N) is 1. The molecule has 11 nitrogen and oxygen atoms in total. The maximum Gasteiger partial charge on any atom is 0.428 e. The highest BCUT2D eigenvalue weighted by atomic mass is 16.6. The first-order chi connectivity index (χ1) is 17.1. The van der Waals surface area contributed by atoms with Crippen LogP contribution in [0.15, 0.2) is 23.3 Å². The number of fused-ring (bicyclic) bond motifs is 1. The number of carbonyl (C=O) groups excluding carboxylic acids is 4. The molecule has 1 N–H and O–H groups in total. The summed E-state index contributed by atoms with van der Waals surface area (Å²) in [6.07, 6.45) is 1.96. The van der Waals surface area contributed by atoms with Gasteiger partial charge in [0, 0.05) is 25.2 Å². The summed E-state index contributed by atoms with van der Waals surface area (Å²) in [6.45, 7) is 8.57. The fraction of sp³-hybridized carbons (Fsp3) is 0.560. The minimum absolute atomic E-state index is 0.00845. The van der Waals surface area contributed by atoms with Crippen molar-refractivity contribution >= 4 is 30.1 Å². The van der Waals surface area contributed by atoms with Crippen molar-refractivity contribution in [3.63, 3.8) is 0 Å². The van der Waals surface area contributed by atoms with E-state index in [0.29, 0.717) is 50.2 Å². The van der Waals surface area contributed by atoms with Crippen molar-refractivity contribution < 1.29 is 33.4 Å². The number of hydrazone groups is 1. The van der Waals surface area contributed by atoms with Gasteiger partial charge in [0.05, 0.1) is 18.9 Å². The monoisotopic (exact) mass is 502 g/mol. The Bertz CT molecular complexity index is 1010. The van der Waals surface area contributed by atoms with Crippen LogP contribution in [0.25, 0.3) is 0 Å². The van der Waals surface area contributed by atoms with Crippen LogP contribution in [0, 0.1) is 0 Å². The Morgan fingerprint density at radius 3 is 2.58 bits per heavy atom. The zero-order valence-electron chi connectivity index (χ0n) is 21.2. The molecule has 36 heavy (non-hydrogen) atoms. The van der Waals surface area contributed by atoms with E-state index in [9.17, 15) is 19.2 Å². The van der Waals surface area contributed by atoms with Crippen molar-refractivity contribution in [3.8, 4) is 0 Å². The molecular formula is C25H34N4O7. The van der Waals surface area contributed by atoms with Crippen molar-refractivity contribution in [2.75, 3.05) is 32.8 Å². The van der Waals surface area contributed by atoms with E-state index < -0.39 is 17.7 Å². The van der Waals surface area contributed by atoms with Crippen molar-refractivity contribution in [1.29, 1.82) is 0 Å². The second kappa shape index (κ2) is 12.0. The number of hydrogen-bond acceptors (Lipinski definition) is 8. The molecule has 1 saturated heterocycles. The van der Waals surface area contributed by atoms with Gasteiger partial charge in [-0.05, 0) is 63.8 Å². The van der Waals surface area contributed by atoms with E-state index in [-0.39, 0.29) is 31.1 Å². The molecule has 1 fully saturated rings. The molecule has 2 aliphatic heterocycles. The minimum atomic E-state index is -0.658. The normalized spacial score (nSPS) is 16.3. The van der Waals surface area contributed by atoms with Crippen LogP contribution in [0.1, 0.15) is 62.0 Å². The smallest absolute Gasteiger partial charge is 0.428 e. The van der Waals surface area contributed by atoms with Gasteiger partial charge in [0.15, 0.2) is 0 Å². The molecule has 0 bridgehead atoms. The Hall–Kier alpha value is -3.47. The third-order valence-corrected chi connectivity index (χ3v) is 5.64. The Morgan fingerprint density at radius 1 is 1.19 bits per heavy atom. The number of esters is 1. The Balaban J connectivity index is 1.47. The second-order valence-electron chi connectivity index (χ2n) is 9.65.